The second kappa shape index (κ2) is 10.7. The lowest BCUT2D eigenvalue weighted by atomic mass is 9.96. The Morgan fingerprint density at radius 3 is 2.43 bits per heavy atom. The predicted molar refractivity (Wildman–Crippen MR) is 128 cm³/mol. The fourth-order valence-corrected chi connectivity index (χ4v) is 4.28. The zero-order valence-corrected chi connectivity index (χ0v) is 20.2. The van der Waals surface area contributed by atoms with Crippen molar-refractivity contribution in [3.05, 3.63) is 93.8 Å². The Hall–Kier alpha value is -3.75. The average Bonchev–Trinajstić information content (AvgIpc) is 3.34. The van der Waals surface area contributed by atoms with Crippen molar-refractivity contribution < 1.29 is 36.2 Å². The molecule has 1 aliphatic rings. The quantitative estimate of drug-likeness (QED) is 0.240. The van der Waals surface area contributed by atoms with Crippen LogP contribution in [0.4, 0.5) is 22.0 Å². The predicted octanol–water partition coefficient (Wildman–Crippen LogP) is 7.54. The van der Waals surface area contributed by atoms with Crippen LogP contribution in [0.3, 0.4) is 0 Å². The van der Waals surface area contributed by atoms with Crippen molar-refractivity contribution in [3.8, 4) is 5.75 Å². The molecule has 0 radical (unpaired) electrons. The van der Waals surface area contributed by atoms with E-state index in [9.17, 15) is 26.7 Å². The Morgan fingerprint density at radius 1 is 0.973 bits per heavy atom. The number of hydrogen-bond acceptors (Lipinski definition) is 4. The highest BCUT2D eigenvalue weighted by molar-refractivity contribution is 5.95. The number of allylic oxidation sites excluding steroid dienone is 2. The summed E-state index contributed by atoms with van der Waals surface area (Å²) in [5, 5.41) is 0. The first-order chi connectivity index (χ1) is 17.6. The molecule has 0 unspecified atom stereocenters. The summed E-state index contributed by atoms with van der Waals surface area (Å²) in [7, 11) is 0. The van der Waals surface area contributed by atoms with Crippen molar-refractivity contribution in [2.24, 2.45) is 0 Å². The normalized spacial score (nSPS) is 13.7. The molecule has 2 aromatic carbocycles. The van der Waals surface area contributed by atoms with E-state index in [-0.39, 0.29) is 18.9 Å². The number of hydrogen-bond donors (Lipinski definition) is 0. The van der Waals surface area contributed by atoms with Gasteiger partial charge >= 0.3 is 12.1 Å². The first-order valence-corrected chi connectivity index (χ1v) is 11.7. The third-order valence-corrected chi connectivity index (χ3v) is 6.00. The van der Waals surface area contributed by atoms with Gasteiger partial charge < -0.3 is 9.47 Å². The number of carbonyl (C=O) groups excluding carboxylic acids is 1. The van der Waals surface area contributed by atoms with Gasteiger partial charge in [0.15, 0.2) is 11.6 Å². The Labute approximate surface area is 210 Å². The van der Waals surface area contributed by atoms with Gasteiger partial charge in [0.1, 0.15) is 18.1 Å². The van der Waals surface area contributed by atoms with E-state index in [1.54, 1.807) is 13.0 Å². The lowest BCUT2D eigenvalue weighted by molar-refractivity contribution is -0.137. The lowest BCUT2D eigenvalue weighted by Gasteiger charge is -2.16. The number of pyridine rings is 1. The van der Waals surface area contributed by atoms with Crippen LogP contribution in [0.5, 0.6) is 5.75 Å². The van der Waals surface area contributed by atoms with E-state index in [1.807, 2.05) is 19.1 Å². The number of carbonyl (C=O) groups is 1. The van der Waals surface area contributed by atoms with Crippen LogP contribution in [0, 0.1) is 18.6 Å². The smallest absolute Gasteiger partial charge is 0.416 e. The number of halogens is 5. The monoisotopic (exact) mass is 517 g/mol. The van der Waals surface area contributed by atoms with Crippen molar-refractivity contribution in [1.29, 1.82) is 0 Å². The van der Waals surface area contributed by atoms with Gasteiger partial charge in [-0.2, -0.15) is 13.2 Å². The summed E-state index contributed by atoms with van der Waals surface area (Å²) in [6.45, 7) is 3.40. The number of esters is 1. The molecule has 1 aromatic heterocycles. The van der Waals surface area contributed by atoms with Gasteiger partial charge in [0.25, 0.3) is 0 Å². The minimum atomic E-state index is -4.68. The van der Waals surface area contributed by atoms with Gasteiger partial charge in [0.05, 0.1) is 17.9 Å². The van der Waals surface area contributed by atoms with Crippen LogP contribution in [0.2, 0.25) is 0 Å². The molecular formula is C28H24F5NO3. The molecule has 0 fully saturated rings. The van der Waals surface area contributed by atoms with E-state index in [0.29, 0.717) is 47.8 Å². The van der Waals surface area contributed by atoms with E-state index in [1.165, 1.54) is 6.07 Å². The number of ether oxygens (including phenoxy) is 2. The molecule has 0 spiro atoms. The Kier molecular flexibility index (Phi) is 7.61. The molecule has 0 amide bonds. The Morgan fingerprint density at radius 2 is 1.73 bits per heavy atom. The van der Waals surface area contributed by atoms with E-state index in [4.69, 9.17) is 9.47 Å². The van der Waals surface area contributed by atoms with Gasteiger partial charge in [-0.05, 0) is 86.2 Å². The van der Waals surface area contributed by atoms with Crippen LogP contribution in [-0.2, 0) is 17.5 Å². The number of aromatic nitrogens is 1. The van der Waals surface area contributed by atoms with Crippen molar-refractivity contribution in [1.82, 2.24) is 4.98 Å². The number of nitrogens with zero attached hydrogens (tertiary/aromatic N) is 1. The third kappa shape index (κ3) is 5.98. The van der Waals surface area contributed by atoms with E-state index in [0.717, 1.165) is 29.3 Å². The van der Waals surface area contributed by atoms with Crippen molar-refractivity contribution in [3.63, 3.8) is 0 Å². The molecule has 0 N–H and O–H groups in total. The number of aryl methyl sites for hydroxylation is 1. The SMILES string of the molecule is CCOC(=O)c1cc(C(F)(F)F)cc(C2=C(c3cc(C)ccc3OCc3ccc(F)c(F)c3)CCC2)n1. The third-order valence-electron chi connectivity index (χ3n) is 6.00. The summed E-state index contributed by atoms with van der Waals surface area (Å²) in [4.78, 5) is 16.5. The second-order valence-corrected chi connectivity index (χ2v) is 8.69. The van der Waals surface area contributed by atoms with Crippen LogP contribution in [0.1, 0.15) is 64.6 Å². The number of benzene rings is 2. The van der Waals surface area contributed by atoms with Crippen LogP contribution in [0.25, 0.3) is 11.1 Å². The highest BCUT2D eigenvalue weighted by Crippen LogP contribution is 2.44. The molecule has 4 rings (SSSR count). The van der Waals surface area contributed by atoms with E-state index >= 15 is 0 Å². The van der Waals surface area contributed by atoms with Crippen molar-refractivity contribution in [2.45, 2.75) is 45.9 Å². The van der Waals surface area contributed by atoms with Crippen molar-refractivity contribution >= 4 is 17.1 Å². The molecule has 0 saturated heterocycles. The topological polar surface area (TPSA) is 48.4 Å². The zero-order valence-electron chi connectivity index (χ0n) is 20.2. The fraction of sp³-hybridized carbons (Fsp3) is 0.286. The van der Waals surface area contributed by atoms with Gasteiger partial charge in [-0.1, -0.05) is 17.7 Å². The van der Waals surface area contributed by atoms with Crippen LogP contribution in [0.15, 0.2) is 48.5 Å². The standard InChI is InChI=1S/C28H24F5NO3/c1-3-36-27(35)25-14-18(28(31,32)33)13-24(34-25)20-6-4-5-19(20)21-11-16(2)7-10-26(21)37-15-17-8-9-22(29)23(30)12-17/h7-14H,3-6,15H2,1-2H3. The molecule has 0 atom stereocenters. The molecule has 9 heteroatoms. The molecule has 3 aromatic rings. The molecule has 0 saturated carbocycles. The summed E-state index contributed by atoms with van der Waals surface area (Å²) < 4.78 is 78.7. The van der Waals surface area contributed by atoms with Gasteiger partial charge in [-0.3, -0.25) is 0 Å². The molecule has 1 aliphatic carbocycles. The molecule has 194 valence electrons. The minimum Gasteiger partial charge on any atom is -0.488 e. The van der Waals surface area contributed by atoms with Gasteiger partial charge in [-0.15, -0.1) is 0 Å². The van der Waals surface area contributed by atoms with E-state index < -0.39 is 35.0 Å². The Balaban J connectivity index is 1.77. The summed E-state index contributed by atoms with van der Waals surface area (Å²) in [6, 6.07) is 10.5. The molecule has 0 bridgehead atoms. The molecule has 37 heavy (non-hydrogen) atoms. The summed E-state index contributed by atoms with van der Waals surface area (Å²) >= 11 is 0. The second-order valence-electron chi connectivity index (χ2n) is 8.69. The van der Waals surface area contributed by atoms with Gasteiger partial charge in [0.2, 0.25) is 0 Å². The molecule has 0 aliphatic heterocycles. The maximum absolute atomic E-state index is 13.7. The summed E-state index contributed by atoms with van der Waals surface area (Å²) in [5.74, 6) is -2.43. The fourth-order valence-electron chi connectivity index (χ4n) is 4.28. The Bertz CT molecular complexity index is 1360. The molecule has 4 nitrogen and oxygen atoms in total. The maximum Gasteiger partial charge on any atom is 0.416 e. The minimum absolute atomic E-state index is 0.00197. The van der Waals surface area contributed by atoms with Crippen LogP contribution >= 0.6 is 0 Å². The van der Waals surface area contributed by atoms with Crippen LogP contribution < -0.4 is 4.74 Å². The average molecular weight is 517 g/mol. The van der Waals surface area contributed by atoms with Gasteiger partial charge in [0, 0.05) is 5.56 Å². The highest BCUT2D eigenvalue weighted by atomic mass is 19.4. The van der Waals surface area contributed by atoms with Gasteiger partial charge in [-0.25, -0.2) is 18.6 Å². The summed E-state index contributed by atoms with van der Waals surface area (Å²) in [5.41, 5.74) is 1.99. The number of rotatable bonds is 7. The number of alkyl halides is 3. The molecular weight excluding hydrogens is 493 g/mol. The highest BCUT2D eigenvalue weighted by Gasteiger charge is 2.34. The maximum atomic E-state index is 13.7. The first kappa shape index (κ1) is 26.3. The zero-order chi connectivity index (χ0) is 26.7. The lowest BCUT2D eigenvalue weighted by Crippen LogP contribution is -2.13. The van der Waals surface area contributed by atoms with Crippen LogP contribution in [-0.4, -0.2) is 17.6 Å². The molecule has 1 heterocycles. The largest absolute Gasteiger partial charge is 0.488 e. The van der Waals surface area contributed by atoms with E-state index in [2.05, 4.69) is 4.98 Å². The summed E-state index contributed by atoms with van der Waals surface area (Å²) in [6.07, 6.45) is -2.98. The van der Waals surface area contributed by atoms with Crippen molar-refractivity contribution in [2.75, 3.05) is 6.61 Å². The first-order valence-electron chi connectivity index (χ1n) is 11.7.